The fraction of sp³-hybridized carbons (Fsp3) is 0.867. The maximum atomic E-state index is 10.8. The van der Waals surface area contributed by atoms with Gasteiger partial charge in [0.1, 0.15) is 0 Å². The minimum atomic E-state index is -0.311. The number of rotatable bonds is 4. The van der Waals surface area contributed by atoms with E-state index in [0.29, 0.717) is 28.6 Å². The number of hydrogen-bond acceptors (Lipinski definition) is 2. The Morgan fingerprint density at radius 1 is 0.969 bits per heavy atom. The topological polar surface area (TPSA) is 40.5 Å². The molecule has 0 heterocycles. The summed E-state index contributed by atoms with van der Waals surface area (Å²) in [5.41, 5.74) is 5.75. The molecule has 2 N–H and O–H groups in total. The van der Waals surface area contributed by atoms with Crippen LogP contribution in [0, 0.1) is 39.4 Å². The van der Waals surface area contributed by atoms with Crippen LogP contribution in [0.4, 0.5) is 0 Å². The zero-order chi connectivity index (χ0) is 23.7. The normalized spacial score (nSPS) is 44.9. The molecule has 0 aromatic carbocycles. The van der Waals surface area contributed by atoms with E-state index >= 15 is 0 Å². The van der Waals surface area contributed by atoms with E-state index in [2.05, 4.69) is 55.4 Å². The lowest BCUT2D eigenvalue weighted by atomic mass is 9.43. The fourth-order valence-electron chi connectivity index (χ4n) is 9.63. The van der Waals surface area contributed by atoms with Crippen LogP contribution in [-0.2, 0) is 0 Å². The van der Waals surface area contributed by atoms with Crippen molar-refractivity contribution < 1.29 is 10.2 Å². The summed E-state index contributed by atoms with van der Waals surface area (Å²) in [6.07, 6.45) is 12.2. The van der Waals surface area contributed by atoms with Gasteiger partial charge in [0.15, 0.2) is 0 Å². The Bertz CT molecular complexity index is 802. The average Bonchev–Trinajstić information content (AvgIpc) is 2.96. The third-order valence-electron chi connectivity index (χ3n) is 11.6. The summed E-state index contributed by atoms with van der Waals surface area (Å²) in [5.74, 6) is 1.84. The first-order valence-corrected chi connectivity index (χ1v) is 13.5. The Labute approximate surface area is 198 Å². The molecule has 0 aliphatic heterocycles. The first kappa shape index (κ1) is 24.5. The largest absolute Gasteiger partial charge is 0.393 e. The third kappa shape index (κ3) is 3.41. The standard InChI is InChI=1S/C30H50O2/c1-19(2)17-21(31)18-20(3)22-11-15-30(8)24-9-10-25-27(4,5)26(32)13-14-28(25,6)23(24)12-16-29(22,30)7/h17,20-22,25-26,31-32H,9-16,18H2,1-8H3/t20-,21+,22-,25+,26+,28-,29-,30+/m1/s1. The maximum Gasteiger partial charge on any atom is 0.0726 e. The molecule has 0 amide bonds. The molecular formula is C30H50O2. The van der Waals surface area contributed by atoms with Gasteiger partial charge in [0.05, 0.1) is 12.2 Å². The van der Waals surface area contributed by atoms with Gasteiger partial charge < -0.3 is 10.2 Å². The molecule has 4 aliphatic carbocycles. The van der Waals surface area contributed by atoms with Gasteiger partial charge in [-0.3, -0.25) is 0 Å². The summed E-state index contributed by atoms with van der Waals surface area (Å²) in [6.45, 7) is 19.0. The molecule has 0 unspecified atom stereocenters. The number of aliphatic hydroxyl groups is 2. The molecule has 2 saturated carbocycles. The van der Waals surface area contributed by atoms with Crippen molar-refractivity contribution in [3.05, 3.63) is 22.8 Å². The lowest BCUT2D eigenvalue weighted by molar-refractivity contribution is -0.0963. The summed E-state index contributed by atoms with van der Waals surface area (Å²) < 4.78 is 0. The quantitative estimate of drug-likeness (QED) is 0.444. The van der Waals surface area contributed by atoms with Gasteiger partial charge in [-0.2, -0.15) is 0 Å². The van der Waals surface area contributed by atoms with Crippen molar-refractivity contribution in [1.82, 2.24) is 0 Å². The molecule has 32 heavy (non-hydrogen) atoms. The highest BCUT2D eigenvalue weighted by Crippen LogP contribution is 2.72. The van der Waals surface area contributed by atoms with Crippen molar-refractivity contribution in [3.8, 4) is 0 Å². The highest BCUT2D eigenvalue weighted by Gasteiger charge is 2.63. The minimum Gasteiger partial charge on any atom is -0.393 e. The molecule has 0 aromatic heterocycles. The summed E-state index contributed by atoms with van der Waals surface area (Å²) >= 11 is 0. The second-order valence-electron chi connectivity index (χ2n) is 13.8. The lowest BCUT2D eigenvalue weighted by Crippen LogP contribution is -2.55. The van der Waals surface area contributed by atoms with Crippen molar-refractivity contribution in [3.63, 3.8) is 0 Å². The summed E-state index contributed by atoms with van der Waals surface area (Å²) in [4.78, 5) is 0. The average molecular weight is 443 g/mol. The van der Waals surface area contributed by atoms with E-state index in [1.165, 1.54) is 44.1 Å². The van der Waals surface area contributed by atoms with Crippen LogP contribution in [-0.4, -0.2) is 22.4 Å². The molecule has 0 bridgehead atoms. The Morgan fingerprint density at radius 3 is 2.31 bits per heavy atom. The molecule has 0 aromatic rings. The van der Waals surface area contributed by atoms with E-state index in [1.807, 2.05) is 11.6 Å². The minimum absolute atomic E-state index is 0.0149. The van der Waals surface area contributed by atoms with Crippen molar-refractivity contribution in [2.75, 3.05) is 0 Å². The molecule has 8 atom stereocenters. The van der Waals surface area contributed by atoms with Gasteiger partial charge >= 0.3 is 0 Å². The highest BCUT2D eigenvalue weighted by molar-refractivity contribution is 5.38. The van der Waals surface area contributed by atoms with E-state index in [-0.39, 0.29) is 23.0 Å². The van der Waals surface area contributed by atoms with Gasteiger partial charge in [-0.1, -0.05) is 64.3 Å². The lowest BCUT2D eigenvalue weighted by Gasteiger charge is -2.62. The van der Waals surface area contributed by atoms with Crippen LogP contribution in [0.2, 0.25) is 0 Å². The molecule has 182 valence electrons. The monoisotopic (exact) mass is 442 g/mol. The van der Waals surface area contributed by atoms with Gasteiger partial charge in [-0.05, 0) is 111 Å². The zero-order valence-electron chi connectivity index (χ0n) is 22.2. The van der Waals surface area contributed by atoms with Crippen LogP contribution in [0.3, 0.4) is 0 Å². The second kappa shape index (κ2) is 7.98. The van der Waals surface area contributed by atoms with E-state index in [1.54, 1.807) is 5.57 Å². The summed E-state index contributed by atoms with van der Waals surface area (Å²) in [5, 5.41) is 21.4. The Morgan fingerprint density at radius 2 is 1.66 bits per heavy atom. The van der Waals surface area contributed by atoms with Crippen LogP contribution >= 0.6 is 0 Å². The first-order valence-electron chi connectivity index (χ1n) is 13.5. The van der Waals surface area contributed by atoms with Crippen molar-refractivity contribution >= 4 is 0 Å². The summed E-state index contributed by atoms with van der Waals surface area (Å²) in [7, 11) is 0. The van der Waals surface area contributed by atoms with Crippen LogP contribution in [0.5, 0.6) is 0 Å². The van der Waals surface area contributed by atoms with Crippen LogP contribution < -0.4 is 0 Å². The molecule has 2 fully saturated rings. The van der Waals surface area contributed by atoms with Crippen molar-refractivity contribution in [1.29, 1.82) is 0 Å². The van der Waals surface area contributed by atoms with E-state index in [0.717, 1.165) is 19.3 Å². The number of aliphatic hydroxyl groups excluding tert-OH is 2. The van der Waals surface area contributed by atoms with Gasteiger partial charge in [-0.15, -0.1) is 0 Å². The molecule has 0 spiro atoms. The smallest absolute Gasteiger partial charge is 0.0726 e. The summed E-state index contributed by atoms with van der Waals surface area (Å²) in [6, 6.07) is 0. The second-order valence-corrected chi connectivity index (χ2v) is 13.8. The Kier molecular flexibility index (Phi) is 6.11. The molecule has 4 aliphatic rings. The SMILES string of the molecule is CC(C)=C[C@H](O)C[C@@H](C)[C@H]1CC[C@@]2(C)C3=C(CC[C@]12C)[C@@]1(C)CC[C@H](O)C(C)(C)[C@@H]1CC3. The molecule has 0 radical (unpaired) electrons. The number of hydrogen-bond donors (Lipinski definition) is 2. The van der Waals surface area contributed by atoms with Gasteiger partial charge in [0, 0.05) is 0 Å². The molecule has 2 nitrogen and oxygen atoms in total. The molecular weight excluding hydrogens is 392 g/mol. The predicted octanol–water partition coefficient (Wildman–Crippen LogP) is 7.45. The van der Waals surface area contributed by atoms with E-state index < -0.39 is 0 Å². The fourth-order valence-corrected chi connectivity index (χ4v) is 9.63. The Hall–Kier alpha value is -0.600. The van der Waals surface area contributed by atoms with Gasteiger partial charge in [-0.25, -0.2) is 0 Å². The third-order valence-corrected chi connectivity index (χ3v) is 11.6. The van der Waals surface area contributed by atoms with Gasteiger partial charge in [0.2, 0.25) is 0 Å². The van der Waals surface area contributed by atoms with E-state index in [4.69, 9.17) is 0 Å². The van der Waals surface area contributed by atoms with Crippen molar-refractivity contribution in [2.24, 2.45) is 39.4 Å². The Balaban J connectivity index is 1.65. The van der Waals surface area contributed by atoms with Crippen LogP contribution in [0.15, 0.2) is 22.8 Å². The highest BCUT2D eigenvalue weighted by atomic mass is 16.3. The van der Waals surface area contributed by atoms with E-state index in [9.17, 15) is 10.2 Å². The molecule has 4 rings (SSSR count). The number of fused-ring (bicyclic) bond motifs is 4. The number of allylic oxidation sites excluding steroid dienone is 3. The predicted molar refractivity (Wildman–Crippen MR) is 134 cm³/mol. The van der Waals surface area contributed by atoms with Gasteiger partial charge in [0.25, 0.3) is 0 Å². The first-order chi connectivity index (χ1) is 14.8. The van der Waals surface area contributed by atoms with Crippen molar-refractivity contribution in [2.45, 2.75) is 125 Å². The molecule has 2 heteroatoms. The van der Waals surface area contributed by atoms with Crippen LogP contribution in [0.25, 0.3) is 0 Å². The zero-order valence-corrected chi connectivity index (χ0v) is 22.2. The van der Waals surface area contributed by atoms with Crippen LogP contribution in [0.1, 0.15) is 113 Å². The molecule has 0 saturated heterocycles. The maximum absolute atomic E-state index is 10.8.